The van der Waals surface area contributed by atoms with E-state index in [4.69, 9.17) is 9.73 Å². The van der Waals surface area contributed by atoms with Crippen LogP contribution in [0.5, 0.6) is 5.75 Å². The molecule has 0 spiro atoms. The SMILES string of the molecule is CCNC(=NCCC(=O)N(C)Cc1ccccc1)N1CCC(c2ccc(OC)cc2)C1. The molecule has 0 radical (unpaired) electrons. The van der Waals surface area contributed by atoms with E-state index in [1.165, 1.54) is 5.56 Å². The zero-order valence-corrected chi connectivity index (χ0v) is 18.9. The van der Waals surface area contributed by atoms with Crippen LogP contribution in [0.25, 0.3) is 0 Å². The van der Waals surface area contributed by atoms with Crippen LogP contribution in [0.1, 0.15) is 36.8 Å². The van der Waals surface area contributed by atoms with Gasteiger partial charge in [-0.2, -0.15) is 0 Å². The summed E-state index contributed by atoms with van der Waals surface area (Å²) < 4.78 is 5.27. The smallest absolute Gasteiger partial charge is 0.224 e. The minimum Gasteiger partial charge on any atom is -0.497 e. The summed E-state index contributed by atoms with van der Waals surface area (Å²) in [4.78, 5) is 21.3. The van der Waals surface area contributed by atoms with Gasteiger partial charge in [-0.1, -0.05) is 42.5 Å². The van der Waals surface area contributed by atoms with Crippen molar-refractivity contribution >= 4 is 11.9 Å². The van der Waals surface area contributed by atoms with Crippen molar-refractivity contribution in [3.8, 4) is 5.75 Å². The van der Waals surface area contributed by atoms with Gasteiger partial charge >= 0.3 is 0 Å². The lowest BCUT2D eigenvalue weighted by Crippen LogP contribution is -2.40. The molecular weight excluding hydrogens is 388 g/mol. The summed E-state index contributed by atoms with van der Waals surface area (Å²) >= 11 is 0. The van der Waals surface area contributed by atoms with E-state index in [1.807, 2.05) is 49.5 Å². The fourth-order valence-electron chi connectivity index (χ4n) is 3.92. The molecule has 0 aliphatic carbocycles. The van der Waals surface area contributed by atoms with Gasteiger partial charge in [-0.05, 0) is 36.6 Å². The number of hydrogen-bond acceptors (Lipinski definition) is 3. The van der Waals surface area contributed by atoms with Gasteiger partial charge in [-0.15, -0.1) is 0 Å². The molecule has 1 heterocycles. The lowest BCUT2D eigenvalue weighted by Gasteiger charge is -2.22. The third-order valence-electron chi connectivity index (χ3n) is 5.69. The molecule has 6 heteroatoms. The minimum atomic E-state index is 0.112. The minimum absolute atomic E-state index is 0.112. The average molecular weight is 423 g/mol. The summed E-state index contributed by atoms with van der Waals surface area (Å²) in [5, 5.41) is 3.39. The first-order valence-electron chi connectivity index (χ1n) is 11.1. The molecule has 1 amide bonds. The Hall–Kier alpha value is -3.02. The van der Waals surface area contributed by atoms with Gasteiger partial charge in [-0.25, -0.2) is 0 Å². The van der Waals surface area contributed by atoms with Gasteiger partial charge in [0, 0.05) is 45.6 Å². The predicted molar refractivity (Wildman–Crippen MR) is 125 cm³/mol. The first-order valence-corrected chi connectivity index (χ1v) is 11.1. The van der Waals surface area contributed by atoms with Gasteiger partial charge in [0.2, 0.25) is 5.91 Å². The Kier molecular flexibility index (Phi) is 8.33. The Bertz CT molecular complexity index is 852. The van der Waals surface area contributed by atoms with Crippen molar-refractivity contribution in [2.24, 2.45) is 4.99 Å². The Labute approximate surface area is 185 Å². The van der Waals surface area contributed by atoms with Gasteiger partial charge in [0.25, 0.3) is 0 Å². The van der Waals surface area contributed by atoms with Crippen LogP contribution in [0.2, 0.25) is 0 Å². The lowest BCUT2D eigenvalue weighted by atomic mass is 9.98. The van der Waals surface area contributed by atoms with Crippen molar-refractivity contribution in [1.82, 2.24) is 15.1 Å². The highest BCUT2D eigenvalue weighted by Gasteiger charge is 2.26. The lowest BCUT2D eigenvalue weighted by molar-refractivity contribution is -0.130. The zero-order chi connectivity index (χ0) is 22.1. The van der Waals surface area contributed by atoms with Crippen molar-refractivity contribution in [1.29, 1.82) is 0 Å². The molecule has 0 saturated carbocycles. The molecule has 6 nitrogen and oxygen atoms in total. The molecule has 0 aromatic heterocycles. The van der Waals surface area contributed by atoms with E-state index in [1.54, 1.807) is 12.0 Å². The summed E-state index contributed by atoms with van der Waals surface area (Å²) in [6, 6.07) is 18.4. The van der Waals surface area contributed by atoms with Crippen molar-refractivity contribution in [3.05, 3.63) is 65.7 Å². The first-order chi connectivity index (χ1) is 15.1. The third-order valence-corrected chi connectivity index (χ3v) is 5.69. The second-order valence-corrected chi connectivity index (χ2v) is 7.93. The highest BCUT2D eigenvalue weighted by atomic mass is 16.5. The normalized spacial score (nSPS) is 16.3. The van der Waals surface area contributed by atoms with E-state index in [-0.39, 0.29) is 5.91 Å². The molecule has 1 aliphatic rings. The summed E-state index contributed by atoms with van der Waals surface area (Å²) in [7, 11) is 3.54. The molecule has 31 heavy (non-hydrogen) atoms. The van der Waals surface area contributed by atoms with Crippen LogP contribution in [0.15, 0.2) is 59.6 Å². The maximum absolute atomic E-state index is 12.5. The molecule has 3 rings (SSSR count). The second kappa shape index (κ2) is 11.4. The number of amides is 1. The third kappa shape index (κ3) is 6.48. The van der Waals surface area contributed by atoms with Crippen molar-refractivity contribution in [3.63, 3.8) is 0 Å². The molecule has 2 aromatic rings. The second-order valence-electron chi connectivity index (χ2n) is 7.93. The van der Waals surface area contributed by atoms with E-state index in [0.717, 1.165) is 43.3 Å². The molecule has 1 N–H and O–H groups in total. The number of ether oxygens (including phenoxy) is 1. The number of nitrogens with zero attached hydrogens (tertiary/aromatic N) is 3. The number of hydrogen-bond donors (Lipinski definition) is 1. The van der Waals surface area contributed by atoms with Crippen LogP contribution in [0.4, 0.5) is 0 Å². The van der Waals surface area contributed by atoms with Gasteiger partial charge < -0.3 is 19.9 Å². The molecule has 2 aromatic carbocycles. The van der Waals surface area contributed by atoms with Gasteiger partial charge in [0.15, 0.2) is 5.96 Å². The van der Waals surface area contributed by atoms with Gasteiger partial charge in [-0.3, -0.25) is 9.79 Å². The number of likely N-dealkylation sites (tertiary alicyclic amines) is 1. The maximum Gasteiger partial charge on any atom is 0.224 e. The average Bonchev–Trinajstić information content (AvgIpc) is 3.29. The van der Waals surface area contributed by atoms with E-state index in [0.29, 0.717) is 25.4 Å². The standard InChI is InChI=1S/C25H34N4O2/c1-4-26-25(27-16-14-24(30)28(2)18-20-8-6-5-7-9-20)29-17-15-22(19-29)21-10-12-23(31-3)13-11-21/h5-13,22H,4,14-19H2,1-3H3,(H,26,27). The Morgan fingerprint density at radius 1 is 1.19 bits per heavy atom. The molecule has 1 aliphatic heterocycles. The summed E-state index contributed by atoms with van der Waals surface area (Å²) in [6.07, 6.45) is 1.50. The maximum atomic E-state index is 12.5. The Balaban J connectivity index is 1.53. The van der Waals surface area contributed by atoms with Crippen LogP contribution in [-0.4, -0.2) is 62.0 Å². The molecule has 1 atom stereocenters. The molecule has 166 valence electrons. The molecule has 1 unspecified atom stereocenters. The number of aliphatic imine (C=N–C) groups is 1. The topological polar surface area (TPSA) is 57.2 Å². The summed E-state index contributed by atoms with van der Waals surface area (Å²) in [5.74, 6) is 2.38. The Morgan fingerprint density at radius 2 is 1.94 bits per heavy atom. The van der Waals surface area contributed by atoms with Gasteiger partial charge in [0.1, 0.15) is 5.75 Å². The number of nitrogens with one attached hydrogen (secondary N) is 1. The fourth-order valence-corrected chi connectivity index (χ4v) is 3.92. The van der Waals surface area contributed by atoms with Crippen molar-refractivity contribution in [2.45, 2.75) is 32.2 Å². The Morgan fingerprint density at radius 3 is 2.61 bits per heavy atom. The van der Waals surface area contributed by atoms with Crippen LogP contribution in [-0.2, 0) is 11.3 Å². The van der Waals surface area contributed by atoms with Crippen molar-refractivity contribution in [2.75, 3.05) is 40.3 Å². The summed E-state index contributed by atoms with van der Waals surface area (Å²) in [6.45, 7) is 5.89. The fraction of sp³-hybridized carbons (Fsp3) is 0.440. The zero-order valence-electron chi connectivity index (χ0n) is 18.9. The molecule has 0 bridgehead atoms. The number of benzene rings is 2. The van der Waals surface area contributed by atoms with E-state index in [9.17, 15) is 4.79 Å². The first kappa shape index (κ1) is 22.7. The number of carbonyl (C=O) groups excluding carboxylic acids is 1. The number of rotatable bonds is 8. The van der Waals surface area contributed by atoms with Crippen LogP contribution >= 0.6 is 0 Å². The van der Waals surface area contributed by atoms with E-state index >= 15 is 0 Å². The predicted octanol–water partition coefficient (Wildman–Crippen LogP) is 3.50. The van der Waals surface area contributed by atoms with E-state index in [2.05, 4.69) is 29.3 Å². The number of guanidine groups is 1. The molecular formula is C25H34N4O2. The number of methoxy groups -OCH3 is 1. The van der Waals surface area contributed by atoms with Crippen LogP contribution in [0.3, 0.4) is 0 Å². The quantitative estimate of drug-likeness (QED) is 0.523. The molecule has 1 saturated heterocycles. The summed E-state index contributed by atoms with van der Waals surface area (Å²) in [5.41, 5.74) is 2.47. The highest BCUT2D eigenvalue weighted by molar-refractivity contribution is 5.81. The number of carbonyl (C=O) groups is 1. The van der Waals surface area contributed by atoms with E-state index < -0.39 is 0 Å². The molecule has 1 fully saturated rings. The largest absolute Gasteiger partial charge is 0.497 e. The highest BCUT2D eigenvalue weighted by Crippen LogP contribution is 2.28. The van der Waals surface area contributed by atoms with Crippen LogP contribution < -0.4 is 10.1 Å². The monoisotopic (exact) mass is 422 g/mol. The van der Waals surface area contributed by atoms with Gasteiger partial charge in [0.05, 0.1) is 13.7 Å². The van der Waals surface area contributed by atoms with Crippen molar-refractivity contribution < 1.29 is 9.53 Å². The van der Waals surface area contributed by atoms with Crippen LogP contribution in [0, 0.1) is 0 Å².